The summed E-state index contributed by atoms with van der Waals surface area (Å²) >= 11 is 0. The predicted molar refractivity (Wildman–Crippen MR) is 69.6 cm³/mol. The Hall–Kier alpha value is -2.14. The molecule has 1 atom stereocenters. The topological polar surface area (TPSA) is 23.8 Å². The van der Waals surface area contributed by atoms with Crippen LogP contribution in [0.25, 0.3) is 0 Å². The molecule has 0 amide bonds. The van der Waals surface area contributed by atoms with E-state index in [1.807, 2.05) is 31.2 Å². The van der Waals surface area contributed by atoms with Gasteiger partial charge in [-0.25, -0.2) is 4.39 Å². The third kappa shape index (κ3) is 2.75. The Morgan fingerprint density at radius 2 is 1.94 bits per heavy atom. The summed E-state index contributed by atoms with van der Waals surface area (Å²) in [6.07, 6.45) is 0.409. The van der Waals surface area contributed by atoms with E-state index in [9.17, 15) is 9.65 Å². The van der Waals surface area contributed by atoms with Crippen molar-refractivity contribution in [3.05, 3.63) is 71.0 Å². The van der Waals surface area contributed by atoms with E-state index < -0.39 is 0 Å². The van der Waals surface area contributed by atoms with Gasteiger partial charge in [-0.3, -0.25) is 0 Å². The Balaban J connectivity index is 2.26. The zero-order valence-corrected chi connectivity index (χ0v) is 10.2. The second-order valence-corrected chi connectivity index (χ2v) is 4.39. The number of halogens is 1. The van der Waals surface area contributed by atoms with Crippen molar-refractivity contribution in [3.8, 4) is 6.07 Å². The van der Waals surface area contributed by atoms with Crippen LogP contribution in [0.1, 0.15) is 22.6 Å². The average Bonchev–Trinajstić information content (AvgIpc) is 2.38. The van der Waals surface area contributed by atoms with Crippen molar-refractivity contribution in [2.75, 3.05) is 0 Å². The maximum absolute atomic E-state index is 13.6. The molecule has 1 nitrogen and oxygen atoms in total. The normalized spacial score (nSPS) is 11.8. The van der Waals surface area contributed by atoms with E-state index >= 15 is 0 Å². The summed E-state index contributed by atoms with van der Waals surface area (Å²) < 4.78 is 13.6. The largest absolute Gasteiger partial charge is 0.207 e. The van der Waals surface area contributed by atoms with Crippen molar-refractivity contribution in [1.82, 2.24) is 0 Å². The first kappa shape index (κ1) is 12.3. The van der Waals surface area contributed by atoms with Gasteiger partial charge in [0, 0.05) is 0 Å². The number of benzene rings is 2. The monoisotopic (exact) mass is 239 g/mol. The summed E-state index contributed by atoms with van der Waals surface area (Å²) in [7, 11) is 0. The summed E-state index contributed by atoms with van der Waals surface area (Å²) in [5.74, 6) is -0.549. The van der Waals surface area contributed by atoms with Crippen LogP contribution in [-0.4, -0.2) is 0 Å². The van der Waals surface area contributed by atoms with Crippen LogP contribution in [-0.2, 0) is 6.42 Å². The van der Waals surface area contributed by atoms with Crippen LogP contribution < -0.4 is 0 Å². The Bertz CT molecular complexity index is 584. The number of rotatable bonds is 3. The van der Waals surface area contributed by atoms with Crippen molar-refractivity contribution in [2.45, 2.75) is 19.3 Å². The van der Waals surface area contributed by atoms with Gasteiger partial charge in [0.1, 0.15) is 5.82 Å². The SMILES string of the molecule is Cc1cccc(C(C#N)Cc2ccccc2F)c1. The van der Waals surface area contributed by atoms with Gasteiger partial charge in [0.2, 0.25) is 0 Å². The van der Waals surface area contributed by atoms with Crippen molar-refractivity contribution in [2.24, 2.45) is 0 Å². The minimum Gasteiger partial charge on any atom is -0.207 e. The van der Waals surface area contributed by atoms with Gasteiger partial charge in [0.05, 0.1) is 12.0 Å². The molecule has 0 bridgehead atoms. The van der Waals surface area contributed by atoms with Gasteiger partial charge in [0.15, 0.2) is 0 Å². The quantitative estimate of drug-likeness (QED) is 0.794. The molecule has 1 unspecified atom stereocenters. The van der Waals surface area contributed by atoms with E-state index in [2.05, 4.69) is 6.07 Å². The molecule has 0 saturated carbocycles. The van der Waals surface area contributed by atoms with Crippen LogP contribution in [0, 0.1) is 24.1 Å². The molecule has 0 aliphatic heterocycles. The van der Waals surface area contributed by atoms with Crippen LogP contribution in [0.15, 0.2) is 48.5 Å². The molecule has 0 aliphatic rings. The lowest BCUT2D eigenvalue weighted by atomic mass is 9.92. The van der Waals surface area contributed by atoms with Gasteiger partial charge in [-0.2, -0.15) is 5.26 Å². The van der Waals surface area contributed by atoms with Crippen LogP contribution in [0.2, 0.25) is 0 Å². The zero-order chi connectivity index (χ0) is 13.0. The molecular weight excluding hydrogens is 225 g/mol. The maximum atomic E-state index is 13.6. The molecule has 18 heavy (non-hydrogen) atoms. The summed E-state index contributed by atoms with van der Waals surface area (Å²) in [6, 6.07) is 16.7. The highest BCUT2D eigenvalue weighted by molar-refractivity contribution is 5.32. The van der Waals surface area contributed by atoms with E-state index in [4.69, 9.17) is 0 Å². The molecule has 90 valence electrons. The number of nitrogens with zero attached hydrogens (tertiary/aromatic N) is 1. The number of hydrogen-bond acceptors (Lipinski definition) is 1. The molecule has 0 N–H and O–H groups in total. The van der Waals surface area contributed by atoms with Crippen LogP contribution in [0.3, 0.4) is 0 Å². The van der Waals surface area contributed by atoms with Crippen molar-refractivity contribution in [1.29, 1.82) is 5.26 Å². The van der Waals surface area contributed by atoms with Gasteiger partial charge < -0.3 is 0 Å². The molecule has 2 aromatic carbocycles. The molecule has 0 saturated heterocycles. The standard InChI is InChI=1S/C16H14FN/c1-12-5-4-7-13(9-12)15(11-18)10-14-6-2-3-8-16(14)17/h2-9,15H,10H2,1H3. The van der Waals surface area contributed by atoms with Gasteiger partial charge >= 0.3 is 0 Å². The lowest BCUT2D eigenvalue weighted by Crippen LogP contribution is -2.02. The highest BCUT2D eigenvalue weighted by atomic mass is 19.1. The fraction of sp³-hybridized carbons (Fsp3) is 0.188. The van der Waals surface area contributed by atoms with Gasteiger partial charge in [-0.15, -0.1) is 0 Å². The molecule has 0 fully saturated rings. The minimum absolute atomic E-state index is 0.245. The second-order valence-electron chi connectivity index (χ2n) is 4.39. The van der Waals surface area contributed by atoms with Gasteiger partial charge in [0.25, 0.3) is 0 Å². The number of nitriles is 1. The van der Waals surface area contributed by atoms with Crippen LogP contribution in [0.5, 0.6) is 0 Å². The van der Waals surface area contributed by atoms with Gasteiger partial charge in [-0.05, 0) is 30.5 Å². The molecule has 0 aliphatic carbocycles. The molecule has 2 aromatic rings. The van der Waals surface area contributed by atoms with E-state index in [0.717, 1.165) is 11.1 Å². The second kappa shape index (κ2) is 5.46. The summed E-state index contributed by atoms with van der Waals surface area (Å²) in [6.45, 7) is 1.99. The molecule has 0 spiro atoms. The summed E-state index contributed by atoms with van der Waals surface area (Å²) in [5.41, 5.74) is 2.65. The van der Waals surface area contributed by atoms with Gasteiger partial charge in [-0.1, -0.05) is 48.0 Å². The Labute approximate surface area is 107 Å². The van der Waals surface area contributed by atoms with E-state index in [1.54, 1.807) is 18.2 Å². The van der Waals surface area contributed by atoms with E-state index in [0.29, 0.717) is 12.0 Å². The summed E-state index contributed by atoms with van der Waals surface area (Å²) in [5, 5.41) is 9.25. The van der Waals surface area contributed by atoms with E-state index in [1.165, 1.54) is 6.07 Å². The number of aryl methyl sites for hydroxylation is 1. The molecular formula is C16H14FN. The van der Waals surface area contributed by atoms with Crippen LogP contribution >= 0.6 is 0 Å². The lowest BCUT2D eigenvalue weighted by Gasteiger charge is -2.10. The van der Waals surface area contributed by atoms with Crippen molar-refractivity contribution in [3.63, 3.8) is 0 Å². The Morgan fingerprint density at radius 1 is 1.17 bits per heavy atom. The molecule has 0 radical (unpaired) electrons. The Morgan fingerprint density at radius 3 is 2.61 bits per heavy atom. The maximum Gasteiger partial charge on any atom is 0.126 e. The predicted octanol–water partition coefficient (Wildman–Crippen LogP) is 3.98. The first-order valence-corrected chi connectivity index (χ1v) is 5.90. The van der Waals surface area contributed by atoms with Crippen LogP contribution in [0.4, 0.5) is 4.39 Å². The third-order valence-electron chi connectivity index (χ3n) is 2.98. The molecule has 2 heteroatoms. The lowest BCUT2D eigenvalue weighted by molar-refractivity contribution is 0.604. The molecule has 0 aromatic heterocycles. The smallest absolute Gasteiger partial charge is 0.126 e. The van der Waals surface area contributed by atoms with E-state index in [-0.39, 0.29) is 11.7 Å². The highest BCUT2D eigenvalue weighted by Crippen LogP contribution is 2.22. The zero-order valence-electron chi connectivity index (χ0n) is 10.2. The third-order valence-corrected chi connectivity index (χ3v) is 2.98. The average molecular weight is 239 g/mol. The fourth-order valence-electron chi connectivity index (χ4n) is 2.01. The first-order chi connectivity index (χ1) is 8.70. The number of hydrogen-bond donors (Lipinski definition) is 0. The fourth-order valence-corrected chi connectivity index (χ4v) is 2.01. The summed E-state index contributed by atoms with van der Waals surface area (Å²) in [4.78, 5) is 0. The highest BCUT2D eigenvalue weighted by Gasteiger charge is 2.13. The van der Waals surface area contributed by atoms with Crippen molar-refractivity contribution >= 4 is 0 Å². The first-order valence-electron chi connectivity index (χ1n) is 5.90. The minimum atomic E-state index is -0.304. The Kier molecular flexibility index (Phi) is 3.74. The molecule has 0 heterocycles. The van der Waals surface area contributed by atoms with Crippen molar-refractivity contribution < 1.29 is 4.39 Å². The molecule has 2 rings (SSSR count).